The zero-order valence-corrected chi connectivity index (χ0v) is 20.8. The molecule has 0 bridgehead atoms. The third-order valence-corrected chi connectivity index (χ3v) is 8.00. The second kappa shape index (κ2) is 10.3. The Hall–Kier alpha value is -2.61. The molecule has 0 spiro atoms. The van der Waals surface area contributed by atoms with Crippen molar-refractivity contribution in [3.8, 4) is 0 Å². The smallest absolute Gasteiger partial charge is 0.243 e. The van der Waals surface area contributed by atoms with Crippen LogP contribution >= 0.6 is 34.8 Å². The molecule has 1 amide bonds. The van der Waals surface area contributed by atoms with Crippen LogP contribution < -0.4 is 5.32 Å². The highest BCUT2D eigenvalue weighted by Crippen LogP contribution is 2.29. The van der Waals surface area contributed by atoms with Crippen LogP contribution in [0.2, 0.25) is 15.1 Å². The lowest BCUT2D eigenvalue weighted by Crippen LogP contribution is -2.37. The van der Waals surface area contributed by atoms with Gasteiger partial charge < -0.3 is 5.32 Å². The van der Waals surface area contributed by atoms with Crippen LogP contribution in [0.4, 0.5) is 5.69 Å². The molecule has 0 aliphatic heterocycles. The minimum absolute atomic E-state index is 0.00182. The standard InChI is InChI=1S/C25H19Cl3N2O3S/c26-18-11-13-19(14-12-18)34(32,33)30(15-21-22(27)8-4-9-23(21)28)16-25(31)29-24-10-3-6-17-5-1-2-7-20(17)24/h1-14H,15-16H2,(H,29,31). The largest absolute Gasteiger partial charge is 0.324 e. The minimum Gasteiger partial charge on any atom is -0.324 e. The van der Waals surface area contributed by atoms with E-state index in [1.54, 1.807) is 24.3 Å². The lowest BCUT2D eigenvalue weighted by molar-refractivity contribution is -0.116. The van der Waals surface area contributed by atoms with Gasteiger partial charge in [0.15, 0.2) is 0 Å². The number of halogens is 3. The Bertz CT molecular complexity index is 1430. The number of amides is 1. The van der Waals surface area contributed by atoms with E-state index < -0.39 is 22.5 Å². The lowest BCUT2D eigenvalue weighted by Gasteiger charge is -2.23. The van der Waals surface area contributed by atoms with Crippen LogP contribution in [0.3, 0.4) is 0 Å². The Kier molecular flexibility index (Phi) is 7.45. The first-order valence-corrected chi connectivity index (χ1v) is 12.8. The van der Waals surface area contributed by atoms with Gasteiger partial charge in [0.2, 0.25) is 15.9 Å². The normalized spacial score (nSPS) is 11.6. The van der Waals surface area contributed by atoms with Crippen LogP contribution in [0.25, 0.3) is 10.8 Å². The monoisotopic (exact) mass is 532 g/mol. The molecule has 0 atom stereocenters. The van der Waals surface area contributed by atoms with E-state index in [-0.39, 0.29) is 11.4 Å². The number of anilines is 1. The predicted molar refractivity (Wildman–Crippen MR) is 138 cm³/mol. The van der Waals surface area contributed by atoms with Gasteiger partial charge in [0.1, 0.15) is 0 Å². The molecule has 0 aliphatic carbocycles. The number of hydrogen-bond donors (Lipinski definition) is 1. The molecule has 0 aromatic heterocycles. The maximum Gasteiger partial charge on any atom is 0.243 e. The Morgan fingerprint density at radius 1 is 0.794 bits per heavy atom. The van der Waals surface area contributed by atoms with Crippen LogP contribution in [-0.2, 0) is 21.4 Å². The van der Waals surface area contributed by atoms with E-state index in [9.17, 15) is 13.2 Å². The fourth-order valence-corrected chi connectivity index (χ4v) is 5.53. The van der Waals surface area contributed by atoms with Crippen molar-refractivity contribution in [3.63, 3.8) is 0 Å². The van der Waals surface area contributed by atoms with E-state index in [1.165, 1.54) is 24.3 Å². The van der Waals surface area contributed by atoms with Gasteiger partial charge in [-0.05, 0) is 47.9 Å². The van der Waals surface area contributed by atoms with E-state index >= 15 is 0 Å². The molecule has 4 rings (SSSR count). The number of carbonyl (C=O) groups excluding carboxylic acids is 1. The number of benzene rings is 4. The van der Waals surface area contributed by atoms with Crippen LogP contribution in [0.5, 0.6) is 0 Å². The molecule has 5 nitrogen and oxygen atoms in total. The maximum absolute atomic E-state index is 13.5. The fraction of sp³-hybridized carbons (Fsp3) is 0.0800. The van der Waals surface area contributed by atoms with E-state index in [1.807, 2.05) is 36.4 Å². The van der Waals surface area contributed by atoms with Gasteiger partial charge in [-0.15, -0.1) is 0 Å². The number of carbonyl (C=O) groups is 1. The molecule has 4 aromatic carbocycles. The molecule has 0 aliphatic rings. The quantitative estimate of drug-likeness (QED) is 0.290. The van der Waals surface area contributed by atoms with E-state index in [2.05, 4.69) is 5.32 Å². The van der Waals surface area contributed by atoms with Gasteiger partial charge in [0.25, 0.3) is 0 Å². The van der Waals surface area contributed by atoms with Gasteiger partial charge >= 0.3 is 0 Å². The summed E-state index contributed by atoms with van der Waals surface area (Å²) in [6.07, 6.45) is 0. The molecular weight excluding hydrogens is 515 g/mol. The third kappa shape index (κ3) is 5.37. The maximum atomic E-state index is 13.5. The number of fused-ring (bicyclic) bond motifs is 1. The van der Waals surface area contributed by atoms with Crippen molar-refractivity contribution in [1.29, 1.82) is 0 Å². The molecule has 0 heterocycles. The summed E-state index contributed by atoms with van der Waals surface area (Å²) >= 11 is 18.5. The summed E-state index contributed by atoms with van der Waals surface area (Å²) in [6, 6.07) is 23.8. The fourth-order valence-electron chi connectivity index (χ4n) is 3.53. The summed E-state index contributed by atoms with van der Waals surface area (Å²) in [7, 11) is -4.08. The van der Waals surface area contributed by atoms with E-state index in [4.69, 9.17) is 34.8 Å². The zero-order chi connectivity index (χ0) is 24.3. The number of nitrogens with zero attached hydrogens (tertiary/aromatic N) is 1. The zero-order valence-electron chi connectivity index (χ0n) is 17.7. The first kappa shape index (κ1) is 24.5. The summed E-state index contributed by atoms with van der Waals surface area (Å²) in [5.41, 5.74) is 0.990. The summed E-state index contributed by atoms with van der Waals surface area (Å²) in [6.45, 7) is -0.637. The van der Waals surface area contributed by atoms with Gasteiger partial charge in [-0.25, -0.2) is 8.42 Å². The average Bonchev–Trinajstić information content (AvgIpc) is 2.81. The first-order chi connectivity index (χ1) is 16.3. The van der Waals surface area contributed by atoms with Crippen LogP contribution in [0.1, 0.15) is 5.56 Å². The summed E-state index contributed by atoms with van der Waals surface area (Å²) in [4.78, 5) is 13.1. The molecule has 1 N–H and O–H groups in total. The molecule has 0 saturated heterocycles. The van der Waals surface area contributed by atoms with Gasteiger partial charge in [-0.2, -0.15) is 4.31 Å². The highest BCUT2D eigenvalue weighted by molar-refractivity contribution is 7.89. The Balaban J connectivity index is 1.67. The summed E-state index contributed by atoms with van der Waals surface area (Å²) in [5.74, 6) is -0.503. The number of rotatable bonds is 7. The van der Waals surface area contributed by atoms with Gasteiger partial charge in [-0.3, -0.25) is 4.79 Å². The SMILES string of the molecule is O=C(CN(Cc1c(Cl)cccc1Cl)S(=O)(=O)c1ccc(Cl)cc1)Nc1cccc2ccccc12. The van der Waals surface area contributed by atoms with Gasteiger partial charge in [0.05, 0.1) is 11.4 Å². The van der Waals surface area contributed by atoms with Crippen LogP contribution in [0.15, 0.2) is 89.8 Å². The second-order valence-corrected chi connectivity index (χ2v) is 10.7. The molecule has 0 radical (unpaired) electrons. The van der Waals surface area contributed by atoms with Crippen molar-refractivity contribution >= 4 is 67.2 Å². The number of nitrogens with one attached hydrogen (secondary N) is 1. The first-order valence-electron chi connectivity index (χ1n) is 10.2. The van der Waals surface area contributed by atoms with Gasteiger partial charge in [0, 0.05) is 38.2 Å². The van der Waals surface area contributed by atoms with Crippen molar-refractivity contribution in [3.05, 3.63) is 106 Å². The minimum atomic E-state index is -4.08. The van der Waals surface area contributed by atoms with Crippen molar-refractivity contribution in [2.45, 2.75) is 11.4 Å². The van der Waals surface area contributed by atoms with Crippen molar-refractivity contribution in [2.24, 2.45) is 0 Å². The Morgan fingerprint density at radius 3 is 2.12 bits per heavy atom. The average molecular weight is 534 g/mol. The van der Waals surface area contributed by atoms with E-state index in [0.717, 1.165) is 15.1 Å². The van der Waals surface area contributed by atoms with Crippen molar-refractivity contribution in [1.82, 2.24) is 4.31 Å². The lowest BCUT2D eigenvalue weighted by atomic mass is 10.1. The Morgan fingerprint density at radius 2 is 1.41 bits per heavy atom. The Labute approximate surface area is 212 Å². The highest BCUT2D eigenvalue weighted by atomic mass is 35.5. The summed E-state index contributed by atoms with van der Waals surface area (Å²) < 4.78 is 28.0. The predicted octanol–water partition coefficient (Wildman–Crippen LogP) is 6.63. The molecule has 34 heavy (non-hydrogen) atoms. The summed E-state index contributed by atoms with van der Waals surface area (Å²) in [5, 5.41) is 5.63. The highest BCUT2D eigenvalue weighted by Gasteiger charge is 2.28. The van der Waals surface area contributed by atoms with Crippen LogP contribution in [-0.4, -0.2) is 25.2 Å². The molecule has 4 aromatic rings. The van der Waals surface area contributed by atoms with Crippen molar-refractivity contribution in [2.75, 3.05) is 11.9 Å². The van der Waals surface area contributed by atoms with Crippen molar-refractivity contribution < 1.29 is 13.2 Å². The number of sulfonamides is 1. The topological polar surface area (TPSA) is 66.5 Å². The van der Waals surface area contributed by atoms with Crippen LogP contribution in [0, 0.1) is 0 Å². The van der Waals surface area contributed by atoms with E-state index in [0.29, 0.717) is 26.3 Å². The molecule has 0 saturated carbocycles. The number of hydrogen-bond acceptors (Lipinski definition) is 3. The molecule has 0 fully saturated rings. The molecule has 9 heteroatoms. The third-order valence-electron chi connectivity index (χ3n) is 5.23. The second-order valence-electron chi connectivity index (χ2n) is 7.50. The molecular formula is C25H19Cl3N2O3S. The molecule has 0 unspecified atom stereocenters. The van der Waals surface area contributed by atoms with Gasteiger partial charge in [-0.1, -0.05) is 77.3 Å². The molecule has 174 valence electrons.